The first-order valence-electron chi connectivity index (χ1n) is 10.7. The average Bonchev–Trinajstić information content (AvgIpc) is 2.67. The van der Waals surface area contributed by atoms with Crippen molar-refractivity contribution < 1.29 is 17.5 Å². The molecule has 1 aromatic rings. The van der Waals surface area contributed by atoms with Crippen LogP contribution in [0.2, 0.25) is 0 Å². The van der Waals surface area contributed by atoms with Gasteiger partial charge in [0.2, 0.25) is 0 Å². The lowest BCUT2D eigenvalue weighted by Gasteiger charge is -2.39. The van der Waals surface area contributed by atoms with E-state index in [4.69, 9.17) is 0 Å². The van der Waals surface area contributed by atoms with Crippen molar-refractivity contribution in [3.05, 3.63) is 29.8 Å². The van der Waals surface area contributed by atoms with Crippen molar-refractivity contribution in [1.29, 1.82) is 0 Å². The standard InChI is InChI=1S/C15H33BrN.C7H8O3S/c1-4-7-12-17(13-8-5-2,14-9-6-3)15-10-11-16;1-6-2-4-7(5-3-6)11(8,9)10/h4-15H2,1-3H3;2-5H,1H3,(H,8,9,10)/q+1;/p-1. The predicted octanol–water partition coefficient (Wildman–Crippen LogP) is 5.89. The molecule has 0 saturated carbocycles. The molecule has 0 unspecified atom stereocenters. The average molecular weight is 479 g/mol. The number of quaternary nitrogens is 1. The Morgan fingerprint density at radius 1 is 0.821 bits per heavy atom. The van der Waals surface area contributed by atoms with Gasteiger partial charge in [-0.1, -0.05) is 73.7 Å². The second kappa shape index (κ2) is 15.4. The quantitative estimate of drug-likeness (QED) is 0.202. The largest absolute Gasteiger partial charge is 0.744 e. The molecule has 0 radical (unpaired) electrons. The summed E-state index contributed by atoms with van der Waals surface area (Å²) in [6, 6.07) is 5.78. The van der Waals surface area contributed by atoms with E-state index in [0.29, 0.717) is 0 Å². The number of halogens is 1. The predicted molar refractivity (Wildman–Crippen MR) is 122 cm³/mol. The minimum Gasteiger partial charge on any atom is -0.744 e. The molecule has 0 aromatic heterocycles. The second-order valence-electron chi connectivity index (χ2n) is 7.61. The van der Waals surface area contributed by atoms with Gasteiger partial charge in [-0.05, 0) is 38.3 Å². The highest BCUT2D eigenvalue weighted by atomic mass is 79.9. The third kappa shape index (κ3) is 12.2. The molecule has 0 aliphatic heterocycles. The molecule has 0 bridgehead atoms. The number of unbranched alkanes of at least 4 members (excludes halogenated alkanes) is 3. The Hall–Kier alpha value is -0.430. The summed E-state index contributed by atoms with van der Waals surface area (Å²) in [7, 11) is -4.27. The highest BCUT2D eigenvalue weighted by molar-refractivity contribution is 9.09. The molecule has 0 heterocycles. The van der Waals surface area contributed by atoms with Crippen molar-refractivity contribution in [2.75, 3.05) is 31.5 Å². The summed E-state index contributed by atoms with van der Waals surface area (Å²) >= 11 is 3.60. The van der Waals surface area contributed by atoms with E-state index in [0.717, 1.165) is 10.9 Å². The van der Waals surface area contributed by atoms with Crippen LogP contribution in [0, 0.1) is 6.92 Å². The molecule has 164 valence electrons. The maximum absolute atomic E-state index is 10.4. The molecule has 1 aromatic carbocycles. The van der Waals surface area contributed by atoms with Gasteiger partial charge in [-0.15, -0.1) is 0 Å². The lowest BCUT2D eigenvalue weighted by molar-refractivity contribution is -0.928. The molecule has 0 N–H and O–H groups in total. The van der Waals surface area contributed by atoms with Crippen molar-refractivity contribution in [2.45, 2.75) is 77.5 Å². The summed E-state index contributed by atoms with van der Waals surface area (Å²) in [5.74, 6) is 0. The molecule has 0 atom stereocenters. The van der Waals surface area contributed by atoms with Gasteiger partial charge in [0.15, 0.2) is 0 Å². The zero-order valence-electron chi connectivity index (χ0n) is 18.3. The van der Waals surface area contributed by atoms with Crippen LogP contribution in [0.3, 0.4) is 0 Å². The summed E-state index contributed by atoms with van der Waals surface area (Å²) in [6.45, 7) is 14.4. The molecular weight excluding hydrogens is 438 g/mol. The number of benzene rings is 1. The number of hydrogen-bond acceptors (Lipinski definition) is 3. The van der Waals surface area contributed by atoms with Gasteiger partial charge in [-0.3, -0.25) is 0 Å². The van der Waals surface area contributed by atoms with Crippen LogP contribution in [0.1, 0.15) is 71.3 Å². The first-order chi connectivity index (χ1) is 13.2. The van der Waals surface area contributed by atoms with Gasteiger partial charge in [-0.2, -0.15) is 0 Å². The van der Waals surface area contributed by atoms with E-state index >= 15 is 0 Å². The van der Waals surface area contributed by atoms with Crippen LogP contribution in [0.4, 0.5) is 0 Å². The van der Waals surface area contributed by atoms with Crippen LogP contribution in [-0.4, -0.2) is 49.0 Å². The van der Waals surface area contributed by atoms with E-state index in [1.807, 2.05) is 6.92 Å². The maximum Gasteiger partial charge on any atom is 0.124 e. The smallest absolute Gasteiger partial charge is 0.124 e. The minimum absolute atomic E-state index is 0.178. The fraction of sp³-hybridized carbons (Fsp3) is 0.727. The molecule has 6 heteroatoms. The Balaban J connectivity index is 0.000000567. The fourth-order valence-corrected chi connectivity index (χ4v) is 3.97. The monoisotopic (exact) mass is 477 g/mol. The molecule has 4 nitrogen and oxygen atoms in total. The van der Waals surface area contributed by atoms with Crippen LogP contribution in [0.25, 0.3) is 0 Å². The first kappa shape index (κ1) is 27.6. The summed E-state index contributed by atoms with van der Waals surface area (Å²) in [6.07, 6.45) is 9.55. The van der Waals surface area contributed by atoms with E-state index in [2.05, 4.69) is 36.7 Å². The molecule has 0 aliphatic rings. The molecule has 1 rings (SSSR count). The third-order valence-corrected chi connectivity index (χ3v) is 6.44. The van der Waals surface area contributed by atoms with Crippen molar-refractivity contribution in [2.24, 2.45) is 0 Å². The first-order valence-corrected chi connectivity index (χ1v) is 13.2. The molecule has 0 spiro atoms. The molecule has 0 saturated heterocycles. The highest BCUT2D eigenvalue weighted by Crippen LogP contribution is 2.16. The minimum atomic E-state index is -4.27. The number of alkyl halides is 1. The zero-order chi connectivity index (χ0) is 21.5. The van der Waals surface area contributed by atoms with Crippen molar-refractivity contribution >= 4 is 26.0 Å². The van der Waals surface area contributed by atoms with Gasteiger partial charge in [0.05, 0.1) is 31.1 Å². The summed E-state index contributed by atoms with van der Waals surface area (Å²) in [5, 5.41) is 1.16. The van der Waals surface area contributed by atoms with Gasteiger partial charge in [0.25, 0.3) is 0 Å². The van der Waals surface area contributed by atoms with Gasteiger partial charge in [0, 0.05) is 11.8 Å². The van der Waals surface area contributed by atoms with Crippen LogP contribution in [-0.2, 0) is 10.1 Å². The van der Waals surface area contributed by atoms with Crippen molar-refractivity contribution in [3.8, 4) is 0 Å². The Bertz CT molecular complexity index is 565. The topological polar surface area (TPSA) is 57.2 Å². The van der Waals surface area contributed by atoms with E-state index in [1.165, 1.54) is 87.7 Å². The Kier molecular flexibility index (Phi) is 15.2. The molecule has 0 amide bonds. The van der Waals surface area contributed by atoms with E-state index in [9.17, 15) is 13.0 Å². The Labute approximate surface area is 182 Å². The summed E-state index contributed by atoms with van der Waals surface area (Å²) in [5.41, 5.74) is 0.928. The molecular formula is C22H40BrNO3S. The van der Waals surface area contributed by atoms with Gasteiger partial charge >= 0.3 is 0 Å². The van der Waals surface area contributed by atoms with Gasteiger partial charge in [-0.25, -0.2) is 8.42 Å². The Morgan fingerprint density at radius 3 is 1.54 bits per heavy atom. The highest BCUT2D eigenvalue weighted by Gasteiger charge is 2.24. The number of rotatable bonds is 13. The van der Waals surface area contributed by atoms with Crippen molar-refractivity contribution in [1.82, 2.24) is 0 Å². The lowest BCUT2D eigenvalue weighted by atomic mass is 10.1. The lowest BCUT2D eigenvalue weighted by Crippen LogP contribution is -2.50. The van der Waals surface area contributed by atoms with Crippen LogP contribution in [0.15, 0.2) is 29.2 Å². The van der Waals surface area contributed by atoms with E-state index in [-0.39, 0.29) is 4.90 Å². The van der Waals surface area contributed by atoms with Crippen LogP contribution in [0.5, 0.6) is 0 Å². The third-order valence-electron chi connectivity index (χ3n) is 5.03. The van der Waals surface area contributed by atoms with Crippen molar-refractivity contribution in [3.63, 3.8) is 0 Å². The zero-order valence-corrected chi connectivity index (χ0v) is 20.7. The number of aryl methyl sites for hydroxylation is 1. The van der Waals surface area contributed by atoms with Gasteiger partial charge in [0.1, 0.15) is 10.1 Å². The van der Waals surface area contributed by atoms with Crippen LogP contribution < -0.4 is 0 Å². The molecule has 28 heavy (non-hydrogen) atoms. The van der Waals surface area contributed by atoms with Gasteiger partial charge < -0.3 is 9.04 Å². The maximum atomic E-state index is 10.4. The SMILES string of the molecule is CCCC[N+](CCCC)(CCCC)CCCBr.Cc1ccc(S(=O)(=O)[O-])cc1. The number of hydrogen-bond donors (Lipinski definition) is 0. The molecule has 0 aliphatic carbocycles. The molecule has 0 fully saturated rings. The number of nitrogens with zero attached hydrogens (tertiary/aromatic N) is 1. The Morgan fingerprint density at radius 2 is 1.21 bits per heavy atom. The van der Waals surface area contributed by atoms with E-state index < -0.39 is 10.1 Å². The van der Waals surface area contributed by atoms with E-state index in [1.54, 1.807) is 12.1 Å². The summed E-state index contributed by atoms with van der Waals surface area (Å²) in [4.78, 5) is -0.178. The van der Waals surface area contributed by atoms with Crippen LogP contribution >= 0.6 is 15.9 Å². The summed E-state index contributed by atoms with van der Waals surface area (Å²) < 4.78 is 32.6. The normalized spacial score (nSPS) is 11.8. The fourth-order valence-electron chi connectivity index (χ4n) is 3.25. The second-order valence-corrected chi connectivity index (χ2v) is 9.78.